The highest BCUT2D eigenvalue weighted by Gasteiger charge is 2.46. The highest BCUT2D eigenvalue weighted by atomic mass is 15.2. The summed E-state index contributed by atoms with van der Waals surface area (Å²) in [5, 5.41) is 0. The summed E-state index contributed by atoms with van der Waals surface area (Å²) >= 11 is 0. The van der Waals surface area contributed by atoms with Crippen molar-refractivity contribution < 1.29 is 0 Å². The summed E-state index contributed by atoms with van der Waals surface area (Å²) in [7, 11) is 0. The van der Waals surface area contributed by atoms with Gasteiger partial charge >= 0.3 is 0 Å². The normalized spacial score (nSPS) is 35.0. The van der Waals surface area contributed by atoms with Crippen molar-refractivity contribution in [3.63, 3.8) is 0 Å². The van der Waals surface area contributed by atoms with Crippen LogP contribution in [0.3, 0.4) is 0 Å². The molecule has 68 valence electrons. The lowest BCUT2D eigenvalue weighted by Crippen LogP contribution is -2.46. The molecular formula is C11H19N. The standard InChI is InChI=1S/C11H19N/c1-3-10(4-1)12-8-2-5-11(9-12)6-7-11/h10H,1-9H2. The summed E-state index contributed by atoms with van der Waals surface area (Å²) in [6.07, 6.45) is 10.6. The molecule has 1 heteroatoms. The third kappa shape index (κ3) is 1.10. The molecule has 0 N–H and O–H groups in total. The molecule has 1 nitrogen and oxygen atoms in total. The minimum atomic E-state index is 0.841. The fraction of sp³-hybridized carbons (Fsp3) is 1.00. The Morgan fingerprint density at radius 3 is 2.42 bits per heavy atom. The van der Waals surface area contributed by atoms with E-state index in [-0.39, 0.29) is 0 Å². The Hall–Kier alpha value is -0.0400. The average molecular weight is 165 g/mol. The molecule has 0 aromatic heterocycles. The largest absolute Gasteiger partial charge is 0.300 e. The maximum atomic E-state index is 2.79. The van der Waals surface area contributed by atoms with Crippen molar-refractivity contribution in [2.45, 2.75) is 51.0 Å². The maximum Gasteiger partial charge on any atom is 0.00955 e. The lowest BCUT2D eigenvalue weighted by Gasteiger charge is -2.42. The van der Waals surface area contributed by atoms with E-state index in [1.165, 1.54) is 58.0 Å². The second kappa shape index (κ2) is 2.47. The van der Waals surface area contributed by atoms with E-state index in [0.717, 1.165) is 11.5 Å². The molecule has 0 aromatic carbocycles. The van der Waals surface area contributed by atoms with Gasteiger partial charge in [-0.2, -0.15) is 0 Å². The second-order valence-corrected chi connectivity index (χ2v) is 5.16. The lowest BCUT2D eigenvalue weighted by molar-refractivity contribution is 0.0689. The molecule has 3 fully saturated rings. The molecule has 12 heavy (non-hydrogen) atoms. The van der Waals surface area contributed by atoms with E-state index in [2.05, 4.69) is 4.90 Å². The molecule has 0 amide bonds. The van der Waals surface area contributed by atoms with E-state index in [0.29, 0.717) is 0 Å². The molecule has 1 heterocycles. The molecule has 0 unspecified atom stereocenters. The lowest BCUT2D eigenvalue weighted by atomic mass is 9.87. The minimum absolute atomic E-state index is 0.841. The number of likely N-dealkylation sites (tertiary alicyclic amines) is 1. The van der Waals surface area contributed by atoms with Crippen LogP contribution in [0.2, 0.25) is 0 Å². The summed E-state index contributed by atoms with van der Waals surface area (Å²) < 4.78 is 0. The predicted molar refractivity (Wildman–Crippen MR) is 50.1 cm³/mol. The van der Waals surface area contributed by atoms with Gasteiger partial charge in [0, 0.05) is 12.6 Å². The molecule has 0 aromatic rings. The Balaban J connectivity index is 1.63. The average Bonchev–Trinajstić information content (AvgIpc) is 2.66. The number of hydrogen-bond acceptors (Lipinski definition) is 1. The zero-order valence-corrected chi connectivity index (χ0v) is 7.89. The van der Waals surface area contributed by atoms with Crippen molar-refractivity contribution in [1.29, 1.82) is 0 Å². The summed E-state index contributed by atoms with van der Waals surface area (Å²) in [6, 6.07) is 1.00. The molecule has 0 radical (unpaired) electrons. The maximum absolute atomic E-state index is 2.79. The van der Waals surface area contributed by atoms with Crippen LogP contribution in [0.15, 0.2) is 0 Å². The molecule has 3 rings (SSSR count). The molecule has 1 aliphatic heterocycles. The van der Waals surface area contributed by atoms with Crippen LogP contribution in [0.1, 0.15) is 44.9 Å². The first-order valence-corrected chi connectivity index (χ1v) is 5.62. The first kappa shape index (κ1) is 7.37. The van der Waals surface area contributed by atoms with Gasteiger partial charge in [-0.15, -0.1) is 0 Å². The van der Waals surface area contributed by atoms with Gasteiger partial charge in [-0.05, 0) is 50.5 Å². The Bertz CT molecular complexity index is 179. The van der Waals surface area contributed by atoms with Crippen molar-refractivity contribution >= 4 is 0 Å². The van der Waals surface area contributed by atoms with Gasteiger partial charge in [0.2, 0.25) is 0 Å². The van der Waals surface area contributed by atoms with E-state index < -0.39 is 0 Å². The molecule has 0 atom stereocenters. The topological polar surface area (TPSA) is 3.24 Å². The summed E-state index contributed by atoms with van der Waals surface area (Å²) in [5.41, 5.74) is 0.841. The molecule has 3 aliphatic rings. The van der Waals surface area contributed by atoms with Gasteiger partial charge in [0.25, 0.3) is 0 Å². The second-order valence-electron chi connectivity index (χ2n) is 5.16. The minimum Gasteiger partial charge on any atom is -0.300 e. The third-order valence-electron chi connectivity index (χ3n) is 4.24. The smallest absolute Gasteiger partial charge is 0.00955 e. The summed E-state index contributed by atoms with van der Waals surface area (Å²) in [4.78, 5) is 2.79. The van der Waals surface area contributed by atoms with Gasteiger partial charge in [0.15, 0.2) is 0 Å². The summed E-state index contributed by atoms with van der Waals surface area (Å²) in [6.45, 7) is 2.87. The van der Waals surface area contributed by atoms with E-state index in [4.69, 9.17) is 0 Å². The van der Waals surface area contributed by atoms with Gasteiger partial charge in [0.1, 0.15) is 0 Å². The SMILES string of the molecule is C1CC(N2CCCC3(CC3)C2)C1. The van der Waals surface area contributed by atoms with Crippen molar-refractivity contribution in [2.75, 3.05) is 13.1 Å². The Labute approximate surface area is 75.1 Å². The van der Waals surface area contributed by atoms with Crippen LogP contribution in [0, 0.1) is 5.41 Å². The van der Waals surface area contributed by atoms with Crippen molar-refractivity contribution in [1.82, 2.24) is 4.90 Å². The van der Waals surface area contributed by atoms with E-state index >= 15 is 0 Å². The molecule has 1 spiro atoms. The van der Waals surface area contributed by atoms with Gasteiger partial charge in [-0.3, -0.25) is 4.90 Å². The zero-order valence-electron chi connectivity index (χ0n) is 7.89. The van der Waals surface area contributed by atoms with Gasteiger partial charge in [-0.25, -0.2) is 0 Å². The Kier molecular flexibility index (Phi) is 1.52. The molecule has 0 bridgehead atoms. The summed E-state index contributed by atoms with van der Waals surface area (Å²) in [5.74, 6) is 0. The zero-order chi connectivity index (χ0) is 8.02. The fourth-order valence-electron chi connectivity index (χ4n) is 2.89. The fourth-order valence-corrected chi connectivity index (χ4v) is 2.89. The van der Waals surface area contributed by atoms with Crippen molar-refractivity contribution in [3.05, 3.63) is 0 Å². The number of piperidine rings is 1. The van der Waals surface area contributed by atoms with Gasteiger partial charge in [-0.1, -0.05) is 6.42 Å². The van der Waals surface area contributed by atoms with E-state index in [1.807, 2.05) is 0 Å². The van der Waals surface area contributed by atoms with Gasteiger partial charge in [0.05, 0.1) is 0 Å². The van der Waals surface area contributed by atoms with Crippen molar-refractivity contribution in [3.8, 4) is 0 Å². The number of hydrogen-bond donors (Lipinski definition) is 0. The van der Waals surface area contributed by atoms with Crippen LogP contribution in [0.4, 0.5) is 0 Å². The Morgan fingerprint density at radius 2 is 1.83 bits per heavy atom. The monoisotopic (exact) mass is 165 g/mol. The first-order chi connectivity index (χ1) is 5.88. The quantitative estimate of drug-likeness (QED) is 0.577. The van der Waals surface area contributed by atoms with Crippen LogP contribution >= 0.6 is 0 Å². The van der Waals surface area contributed by atoms with Crippen LogP contribution in [-0.4, -0.2) is 24.0 Å². The Morgan fingerprint density at radius 1 is 1.00 bits per heavy atom. The molecular weight excluding hydrogens is 146 g/mol. The first-order valence-electron chi connectivity index (χ1n) is 5.62. The highest BCUT2D eigenvalue weighted by Crippen LogP contribution is 2.52. The molecule has 2 aliphatic carbocycles. The highest BCUT2D eigenvalue weighted by molar-refractivity contribution is 4.99. The van der Waals surface area contributed by atoms with Crippen LogP contribution in [0.25, 0.3) is 0 Å². The number of rotatable bonds is 1. The van der Waals surface area contributed by atoms with E-state index in [9.17, 15) is 0 Å². The van der Waals surface area contributed by atoms with E-state index in [1.54, 1.807) is 0 Å². The predicted octanol–water partition coefficient (Wildman–Crippen LogP) is 2.41. The number of nitrogens with zero attached hydrogens (tertiary/aromatic N) is 1. The van der Waals surface area contributed by atoms with Gasteiger partial charge < -0.3 is 0 Å². The van der Waals surface area contributed by atoms with Crippen LogP contribution < -0.4 is 0 Å². The third-order valence-corrected chi connectivity index (χ3v) is 4.24. The molecule has 1 saturated heterocycles. The molecule has 2 saturated carbocycles. The van der Waals surface area contributed by atoms with Crippen molar-refractivity contribution in [2.24, 2.45) is 5.41 Å². The van der Waals surface area contributed by atoms with Crippen LogP contribution in [0.5, 0.6) is 0 Å². The van der Waals surface area contributed by atoms with Crippen LogP contribution in [-0.2, 0) is 0 Å².